The molecular formula is C32H35N3O3. The second-order valence-electron chi connectivity index (χ2n) is 10.5. The van der Waals surface area contributed by atoms with Gasteiger partial charge in [-0.05, 0) is 91.9 Å². The summed E-state index contributed by atoms with van der Waals surface area (Å²) in [4.78, 5) is 15.7. The van der Waals surface area contributed by atoms with Crippen LogP contribution in [0.4, 0.5) is 0 Å². The quantitative estimate of drug-likeness (QED) is 0.279. The number of fused-ring (bicyclic) bond motifs is 1. The molecule has 196 valence electrons. The van der Waals surface area contributed by atoms with Gasteiger partial charge in [0.25, 0.3) is 0 Å². The van der Waals surface area contributed by atoms with Gasteiger partial charge in [-0.25, -0.2) is 4.79 Å². The standard InChI is InChI=1S/C32H35N3O3/c36-32-34(20-21-35(32)28-12-16-31(17-13-28)38-30-8-2-1-3-9-30)27-10-14-29(15-11-27)37-23-22-33-19-18-25-6-4-5-7-26(25)24-33/h1-3,8-17,20-21,25-26H,4-7,18-19,22-24H2. The number of nitrogens with zero attached hydrogens (tertiary/aromatic N) is 3. The first-order chi connectivity index (χ1) is 18.7. The monoisotopic (exact) mass is 509 g/mol. The summed E-state index contributed by atoms with van der Waals surface area (Å²) in [5.41, 5.74) is 1.47. The number of benzene rings is 3. The van der Waals surface area contributed by atoms with Crippen LogP contribution in [0.25, 0.3) is 11.4 Å². The summed E-state index contributed by atoms with van der Waals surface area (Å²) in [6.07, 6.45) is 10.6. The van der Waals surface area contributed by atoms with Crippen LogP contribution in [0.15, 0.2) is 96.1 Å². The van der Waals surface area contributed by atoms with Gasteiger partial charge in [-0.3, -0.25) is 14.0 Å². The number of hydrogen-bond donors (Lipinski definition) is 0. The van der Waals surface area contributed by atoms with E-state index in [0.29, 0.717) is 6.61 Å². The zero-order valence-corrected chi connectivity index (χ0v) is 21.7. The van der Waals surface area contributed by atoms with Crippen molar-refractivity contribution in [3.8, 4) is 28.6 Å². The molecule has 0 spiro atoms. The van der Waals surface area contributed by atoms with Gasteiger partial charge in [0.1, 0.15) is 23.9 Å². The van der Waals surface area contributed by atoms with Crippen LogP contribution in [-0.2, 0) is 0 Å². The van der Waals surface area contributed by atoms with Crippen molar-refractivity contribution in [2.75, 3.05) is 26.2 Å². The summed E-state index contributed by atoms with van der Waals surface area (Å²) < 4.78 is 15.2. The van der Waals surface area contributed by atoms with Gasteiger partial charge in [0.15, 0.2) is 0 Å². The molecular weight excluding hydrogens is 474 g/mol. The molecule has 6 nitrogen and oxygen atoms in total. The third kappa shape index (κ3) is 5.55. The first-order valence-electron chi connectivity index (χ1n) is 13.8. The van der Waals surface area contributed by atoms with E-state index in [2.05, 4.69) is 4.90 Å². The molecule has 1 aromatic heterocycles. The first-order valence-corrected chi connectivity index (χ1v) is 13.8. The molecule has 4 aromatic rings. The summed E-state index contributed by atoms with van der Waals surface area (Å²) in [6, 6.07) is 24.9. The smallest absolute Gasteiger partial charge is 0.337 e. The van der Waals surface area contributed by atoms with Crippen molar-refractivity contribution in [3.63, 3.8) is 0 Å². The Kier molecular flexibility index (Phi) is 7.31. The number of likely N-dealkylation sites (tertiary alicyclic amines) is 1. The van der Waals surface area contributed by atoms with Crippen molar-refractivity contribution in [1.29, 1.82) is 0 Å². The van der Waals surface area contributed by atoms with Crippen molar-refractivity contribution in [1.82, 2.24) is 14.0 Å². The van der Waals surface area contributed by atoms with Gasteiger partial charge in [0, 0.05) is 25.5 Å². The number of rotatable bonds is 8. The second-order valence-corrected chi connectivity index (χ2v) is 10.5. The number of piperidine rings is 1. The lowest BCUT2D eigenvalue weighted by atomic mass is 9.75. The van der Waals surface area contributed by atoms with Gasteiger partial charge in [0.2, 0.25) is 0 Å². The van der Waals surface area contributed by atoms with Gasteiger partial charge in [0.05, 0.1) is 11.4 Å². The number of ether oxygens (including phenoxy) is 2. The maximum Gasteiger partial charge on any atom is 0.337 e. The second kappa shape index (κ2) is 11.3. The van der Waals surface area contributed by atoms with Gasteiger partial charge in [-0.2, -0.15) is 0 Å². The molecule has 0 amide bonds. The third-order valence-corrected chi connectivity index (χ3v) is 8.04. The molecule has 6 rings (SSSR count). The fraction of sp³-hybridized carbons (Fsp3) is 0.344. The van der Waals surface area contributed by atoms with Crippen LogP contribution in [0.5, 0.6) is 17.2 Å². The SMILES string of the molecule is O=c1n(-c2ccc(OCCN3CCC4CCCCC4C3)cc2)ccn1-c1ccc(Oc2ccccc2)cc1. The maximum atomic E-state index is 13.1. The number of aromatic nitrogens is 2. The van der Waals surface area contributed by atoms with Crippen LogP contribution < -0.4 is 15.2 Å². The minimum Gasteiger partial charge on any atom is -0.492 e. The topological polar surface area (TPSA) is 48.6 Å². The zero-order chi connectivity index (χ0) is 25.7. The molecule has 2 atom stereocenters. The molecule has 2 heterocycles. The Hall–Kier alpha value is -3.77. The molecule has 38 heavy (non-hydrogen) atoms. The van der Waals surface area contributed by atoms with E-state index in [9.17, 15) is 4.79 Å². The molecule has 1 aliphatic carbocycles. The Labute approximate surface area is 224 Å². The van der Waals surface area contributed by atoms with E-state index in [0.717, 1.165) is 47.0 Å². The molecule has 0 bridgehead atoms. The van der Waals surface area contributed by atoms with E-state index in [4.69, 9.17) is 9.47 Å². The average Bonchev–Trinajstić information content (AvgIpc) is 3.35. The lowest BCUT2D eigenvalue weighted by Gasteiger charge is -2.41. The van der Waals surface area contributed by atoms with Crippen LogP contribution >= 0.6 is 0 Å². The maximum absolute atomic E-state index is 13.1. The minimum atomic E-state index is -0.124. The Morgan fingerprint density at radius 2 is 1.29 bits per heavy atom. The van der Waals surface area contributed by atoms with Gasteiger partial charge >= 0.3 is 5.69 Å². The van der Waals surface area contributed by atoms with E-state index in [1.807, 2.05) is 78.9 Å². The van der Waals surface area contributed by atoms with E-state index >= 15 is 0 Å². The van der Waals surface area contributed by atoms with Gasteiger partial charge in [-0.1, -0.05) is 37.5 Å². The van der Waals surface area contributed by atoms with Crippen LogP contribution in [0, 0.1) is 11.8 Å². The van der Waals surface area contributed by atoms with E-state index in [1.165, 1.54) is 45.2 Å². The number of para-hydroxylation sites is 1. The van der Waals surface area contributed by atoms with Crippen LogP contribution in [0.2, 0.25) is 0 Å². The predicted molar refractivity (Wildman–Crippen MR) is 150 cm³/mol. The molecule has 2 unspecified atom stereocenters. The van der Waals surface area contributed by atoms with E-state index in [1.54, 1.807) is 21.5 Å². The molecule has 3 aromatic carbocycles. The van der Waals surface area contributed by atoms with E-state index < -0.39 is 0 Å². The molecule has 1 saturated carbocycles. The van der Waals surface area contributed by atoms with Crippen molar-refractivity contribution in [2.45, 2.75) is 32.1 Å². The van der Waals surface area contributed by atoms with Crippen molar-refractivity contribution < 1.29 is 9.47 Å². The molecule has 0 N–H and O–H groups in total. The highest BCUT2D eigenvalue weighted by Gasteiger charge is 2.30. The fourth-order valence-corrected chi connectivity index (χ4v) is 5.94. The highest BCUT2D eigenvalue weighted by molar-refractivity contribution is 5.41. The summed E-state index contributed by atoms with van der Waals surface area (Å²) >= 11 is 0. The fourth-order valence-electron chi connectivity index (χ4n) is 5.94. The van der Waals surface area contributed by atoms with Gasteiger partial charge < -0.3 is 9.47 Å². The summed E-state index contributed by atoms with van der Waals surface area (Å²) in [5.74, 6) is 4.19. The predicted octanol–water partition coefficient (Wildman–Crippen LogP) is 6.31. The number of imidazole rings is 1. The lowest BCUT2D eigenvalue weighted by molar-refractivity contribution is 0.0766. The van der Waals surface area contributed by atoms with Crippen LogP contribution in [0.3, 0.4) is 0 Å². The molecule has 2 aliphatic rings. The first kappa shape index (κ1) is 24.6. The Bertz CT molecular complexity index is 1380. The zero-order valence-electron chi connectivity index (χ0n) is 21.7. The number of hydrogen-bond acceptors (Lipinski definition) is 4. The summed E-state index contributed by atoms with van der Waals surface area (Å²) in [6.45, 7) is 4.10. The Morgan fingerprint density at radius 3 is 1.97 bits per heavy atom. The lowest BCUT2D eigenvalue weighted by Crippen LogP contribution is -2.43. The molecule has 2 fully saturated rings. The summed E-state index contributed by atoms with van der Waals surface area (Å²) in [5, 5.41) is 0. The molecule has 6 heteroatoms. The van der Waals surface area contributed by atoms with E-state index in [-0.39, 0.29) is 5.69 Å². The summed E-state index contributed by atoms with van der Waals surface area (Å²) in [7, 11) is 0. The normalized spacial score (nSPS) is 19.6. The van der Waals surface area contributed by atoms with Gasteiger partial charge in [-0.15, -0.1) is 0 Å². The molecule has 1 saturated heterocycles. The van der Waals surface area contributed by atoms with Crippen molar-refractivity contribution >= 4 is 0 Å². The Balaban J connectivity index is 1.04. The largest absolute Gasteiger partial charge is 0.492 e. The van der Waals surface area contributed by atoms with Crippen LogP contribution in [-0.4, -0.2) is 40.3 Å². The van der Waals surface area contributed by atoms with Crippen LogP contribution in [0.1, 0.15) is 32.1 Å². The minimum absolute atomic E-state index is 0.124. The Morgan fingerprint density at radius 1 is 0.684 bits per heavy atom. The van der Waals surface area contributed by atoms with Crippen molar-refractivity contribution in [3.05, 3.63) is 102 Å². The highest BCUT2D eigenvalue weighted by Crippen LogP contribution is 2.35. The highest BCUT2D eigenvalue weighted by atomic mass is 16.5. The molecule has 1 aliphatic heterocycles. The molecule has 0 radical (unpaired) electrons. The average molecular weight is 510 g/mol. The van der Waals surface area contributed by atoms with Crippen molar-refractivity contribution in [2.24, 2.45) is 11.8 Å². The third-order valence-electron chi connectivity index (χ3n) is 8.04.